The topological polar surface area (TPSA) is 57.5 Å². The van der Waals surface area contributed by atoms with E-state index >= 15 is 0 Å². The smallest absolute Gasteiger partial charge is 0.343 e. The van der Waals surface area contributed by atoms with Crippen LogP contribution < -0.4 is 5.43 Å². The van der Waals surface area contributed by atoms with Gasteiger partial charge in [-0.2, -0.15) is 0 Å². The Morgan fingerprint density at radius 1 is 1.32 bits per heavy atom. The quantitative estimate of drug-likeness (QED) is 0.782. The van der Waals surface area contributed by atoms with Gasteiger partial charge in [-0.15, -0.1) is 0 Å². The first-order valence-corrected chi connectivity index (χ1v) is 8.37. The van der Waals surface area contributed by atoms with Crippen LogP contribution in [0.25, 0.3) is 11.1 Å². The minimum Gasteiger partial charge on any atom is -0.462 e. The van der Waals surface area contributed by atoms with Crippen molar-refractivity contribution in [3.63, 3.8) is 0 Å². The molecule has 2 aromatic rings. The average molecular weight is 345 g/mol. The van der Waals surface area contributed by atoms with Gasteiger partial charge in [-0.1, -0.05) is 12.1 Å². The van der Waals surface area contributed by atoms with Crippen molar-refractivity contribution in [1.82, 2.24) is 4.57 Å². The number of halogens is 1. The van der Waals surface area contributed by atoms with Gasteiger partial charge in [0.25, 0.3) is 0 Å². The second kappa shape index (κ2) is 7.61. The highest BCUT2D eigenvalue weighted by Gasteiger charge is 2.20. The summed E-state index contributed by atoms with van der Waals surface area (Å²) in [5.74, 6) is -1.04. The van der Waals surface area contributed by atoms with Crippen molar-refractivity contribution in [1.29, 1.82) is 0 Å². The number of nitrogens with zero attached hydrogens (tertiary/aromatic N) is 1. The molecule has 132 valence electrons. The minimum atomic E-state index is -0.655. The summed E-state index contributed by atoms with van der Waals surface area (Å²) in [6, 6.07) is 5.63. The van der Waals surface area contributed by atoms with Gasteiger partial charge in [0.1, 0.15) is 11.4 Å². The number of carbonyl (C=O) groups excluding carboxylic acids is 1. The van der Waals surface area contributed by atoms with E-state index in [9.17, 15) is 14.0 Å². The van der Waals surface area contributed by atoms with Gasteiger partial charge < -0.3 is 14.0 Å². The number of esters is 1. The molecular weight excluding hydrogens is 325 g/mol. The van der Waals surface area contributed by atoms with Crippen LogP contribution in [0.3, 0.4) is 0 Å². The van der Waals surface area contributed by atoms with E-state index in [0.717, 1.165) is 19.4 Å². The fraction of sp³-hybridized carbons (Fsp3) is 0.368. The van der Waals surface area contributed by atoms with E-state index in [4.69, 9.17) is 9.47 Å². The maximum Gasteiger partial charge on any atom is 0.343 e. The van der Waals surface area contributed by atoms with Gasteiger partial charge in [0.05, 0.1) is 12.7 Å². The largest absolute Gasteiger partial charge is 0.462 e. The van der Waals surface area contributed by atoms with Crippen molar-refractivity contribution in [3.8, 4) is 11.1 Å². The number of ether oxygens (including phenoxy) is 2. The predicted molar refractivity (Wildman–Crippen MR) is 91.0 cm³/mol. The van der Waals surface area contributed by atoms with Crippen molar-refractivity contribution >= 4 is 5.97 Å². The molecule has 0 N–H and O–H groups in total. The number of pyridine rings is 1. The predicted octanol–water partition coefficient (Wildman–Crippen LogP) is 3.01. The van der Waals surface area contributed by atoms with E-state index < -0.39 is 11.4 Å². The van der Waals surface area contributed by atoms with E-state index in [1.54, 1.807) is 17.7 Å². The molecule has 0 saturated carbocycles. The van der Waals surface area contributed by atoms with Crippen LogP contribution >= 0.6 is 0 Å². The lowest BCUT2D eigenvalue weighted by molar-refractivity contribution is 0.0522. The molecule has 1 aliphatic rings. The lowest BCUT2D eigenvalue weighted by Gasteiger charge is -2.15. The van der Waals surface area contributed by atoms with Gasteiger partial charge in [-0.3, -0.25) is 4.79 Å². The molecule has 1 unspecified atom stereocenters. The molecule has 6 heteroatoms. The summed E-state index contributed by atoms with van der Waals surface area (Å²) < 4.78 is 25.6. The maximum atomic E-state index is 13.2. The summed E-state index contributed by atoms with van der Waals surface area (Å²) in [7, 11) is 0. The number of benzene rings is 1. The number of hydrogen-bond acceptors (Lipinski definition) is 4. The molecule has 0 aliphatic carbocycles. The van der Waals surface area contributed by atoms with Crippen LogP contribution in [-0.2, 0) is 16.0 Å². The third-order valence-corrected chi connectivity index (χ3v) is 4.17. The van der Waals surface area contributed by atoms with Gasteiger partial charge in [0.15, 0.2) is 0 Å². The van der Waals surface area contributed by atoms with E-state index in [0.29, 0.717) is 17.7 Å². The first-order chi connectivity index (χ1) is 12.1. The summed E-state index contributed by atoms with van der Waals surface area (Å²) in [6.07, 6.45) is 5.18. The fourth-order valence-electron chi connectivity index (χ4n) is 2.95. The molecule has 1 fully saturated rings. The van der Waals surface area contributed by atoms with Gasteiger partial charge in [-0.25, -0.2) is 9.18 Å². The molecule has 1 saturated heterocycles. The fourth-order valence-corrected chi connectivity index (χ4v) is 2.95. The number of hydrogen-bond donors (Lipinski definition) is 0. The Hall–Kier alpha value is -2.47. The lowest BCUT2D eigenvalue weighted by Crippen LogP contribution is -2.24. The Morgan fingerprint density at radius 2 is 2.08 bits per heavy atom. The van der Waals surface area contributed by atoms with E-state index in [2.05, 4.69) is 0 Å². The molecule has 5 nitrogen and oxygen atoms in total. The minimum absolute atomic E-state index is 0.0262. The van der Waals surface area contributed by atoms with E-state index in [1.165, 1.54) is 30.5 Å². The molecule has 1 atom stereocenters. The second-order valence-electron chi connectivity index (χ2n) is 5.97. The van der Waals surface area contributed by atoms with Crippen LogP contribution in [0.2, 0.25) is 0 Å². The molecule has 1 aliphatic heterocycles. The van der Waals surface area contributed by atoms with Crippen LogP contribution in [0.1, 0.15) is 30.1 Å². The zero-order valence-corrected chi connectivity index (χ0v) is 14.0. The standard InChI is InChI=1S/C19H20FNO4/c1-2-24-19(23)17-12-21(10-15-4-3-9-25-15)11-16(18(17)22)13-5-7-14(20)8-6-13/h5-8,11-12,15H,2-4,9-10H2,1H3. The molecule has 2 heterocycles. The van der Waals surface area contributed by atoms with Gasteiger partial charge in [-0.05, 0) is 37.5 Å². The average Bonchev–Trinajstić information content (AvgIpc) is 3.10. The summed E-state index contributed by atoms with van der Waals surface area (Å²) in [5, 5.41) is 0. The summed E-state index contributed by atoms with van der Waals surface area (Å²) in [4.78, 5) is 24.9. The second-order valence-corrected chi connectivity index (χ2v) is 5.97. The molecule has 25 heavy (non-hydrogen) atoms. The zero-order chi connectivity index (χ0) is 17.8. The Bertz CT molecular complexity index is 807. The van der Waals surface area contributed by atoms with Crippen molar-refractivity contribution in [2.45, 2.75) is 32.4 Å². The normalized spacial score (nSPS) is 16.8. The monoisotopic (exact) mass is 345 g/mol. The molecule has 3 rings (SSSR count). The van der Waals surface area contributed by atoms with Crippen molar-refractivity contribution < 1.29 is 18.7 Å². The maximum absolute atomic E-state index is 13.2. The van der Waals surface area contributed by atoms with E-state index in [1.807, 2.05) is 0 Å². The van der Waals surface area contributed by atoms with Crippen LogP contribution in [0.4, 0.5) is 4.39 Å². The molecule has 1 aromatic heterocycles. The molecule has 1 aromatic carbocycles. The van der Waals surface area contributed by atoms with Crippen LogP contribution in [0, 0.1) is 5.82 Å². The Kier molecular flexibility index (Phi) is 5.28. The van der Waals surface area contributed by atoms with Gasteiger partial charge in [0, 0.05) is 31.1 Å². The Morgan fingerprint density at radius 3 is 2.72 bits per heavy atom. The van der Waals surface area contributed by atoms with Crippen LogP contribution in [0.5, 0.6) is 0 Å². The highest BCUT2D eigenvalue weighted by atomic mass is 19.1. The summed E-state index contributed by atoms with van der Waals surface area (Å²) in [6.45, 7) is 3.14. The van der Waals surface area contributed by atoms with Gasteiger partial charge in [0.2, 0.25) is 5.43 Å². The molecule has 0 bridgehead atoms. The molecule has 0 radical (unpaired) electrons. The number of rotatable bonds is 5. The summed E-state index contributed by atoms with van der Waals surface area (Å²) in [5.41, 5.74) is 0.442. The van der Waals surface area contributed by atoms with Crippen molar-refractivity contribution in [2.24, 2.45) is 0 Å². The highest BCUT2D eigenvalue weighted by Crippen LogP contribution is 2.19. The number of aromatic nitrogens is 1. The molecular formula is C19H20FNO4. The van der Waals surface area contributed by atoms with Crippen LogP contribution in [-0.4, -0.2) is 29.9 Å². The SMILES string of the molecule is CCOC(=O)c1cn(CC2CCCO2)cc(-c2ccc(F)cc2)c1=O. The Balaban J connectivity index is 2.05. The first kappa shape index (κ1) is 17.4. The van der Waals surface area contributed by atoms with E-state index in [-0.39, 0.29) is 24.1 Å². The van der Waals surface area contributed by atoms with Crippen molar-refractivity contribution in [2.75, 3.05) is 13.2 Å². The van der Waals surface area contributed by atoms with Crippen LogP contribution in [0.15, 0.2) is 41.5 Å². The third kappa shape index (κ3) is 3.96. The molecule has 0 amide bonds. The zero-order valence-electron chi connectivity index (χ0n) is 14.0. The van der Waals surface area contributed by atoms with Gasteiger partial charge >= 0.3 is 5.97 Å². The lowest BCUT2D eigenvalue weighted by atomic mass is 10.0. The number of carbonyl (C=O) groups is 1. The molecule has 0 spiro atoms. The first-order valence-electron chi connectivity index (χ1n) is 8.37. The highest BCUT2D eigenvalue weighted by molar-refractivity contribution is 5.90. The Labute approximate surface area is 145 Å². The summed E-state index contributed by atoms with van der Waals surface area (Å²) >= 11 is 0. The van der Waals surface area contributed by atoms with Crippen molar-refractivity contribution in [3.05, 3.63) is 58.3 Å². The third-order valence-electron chi connectivity index (χ3n) is 4.17.